The lowest BCUT2D eigenvalue weighted by Crippen LogP contribution is -2.32. The first-order chi connectivity index (χ1) is 24.0. The minimum atomic E-state index is -3.71. The summed E-state index contributed by atoms with van der Waals surface area (Å²) in [6, 6.07) is 38.1. The zero-order chi connectivity index (χ0) is 35.4. The molecule has 0 fully saturated rings. The molecule has 6 aromatic rings. The fraction of sp³-hybridized carbons (Fsp3) is 0.175. The number of aryl methyl sites for hydroxylation is 2. The summed E-state index contributed by atoms with van der Waals surface area (Å²) in [6.45, 7) is 0.154. The Morgan fingerprint density at radius 1 is 0.760 bits per heavy atom. The molecule has 0 radical (unpaired) electrons. The second kappa shape index (κ2) is 15.3. The molecule has 0 bridgehead atoms. The summed E-state index contributed by atoms with van der Waals surface area (Å²) in [5.41, 5.74) is 6.96. The molecule has 0 aliphatic rings. The van der Waals surface area contributed by atoms with Crippen LogP contribution in [0.5, 0.6) is 0 Å². The second-order valence-electron chi connectivity index (χ2n) is 12.2. The highest BCUT2D eigenvalue weighted by Gasteiger charge is 2.27. The van der Waals surface area contributed by atoms with Gasteiger partial charge in [-0.3, -0.25) is 4.31 Å². The second-order valence-corrected chi connectivity index (χ2v) is 15.4. The van der Waals surface area contributed by atoms with Crippen molar-refractivity contribution in [2.45, 2.75) is 31.7 Å². The third-order valence-corrected chi connectivity index (χ3v) is 11.1. The number of aromatic nitrogens is 1. The Morgan fingerprint density at radius 2 is 1.40 bits per heavy atom. The number of benzene rings is 5. The average molecular weight is 746 g/mol. The molecule has 256 valence electrons. The Morgan fingerprint density at radius 3 is 1.98 bits per heavy atom. The highest BCUT2D eigenvalue weighted by molar-refractivity contribution is 7.92. The third-order valence-electron chi connectivity index (χ3n) is 8.91. The van der Waals surface area contributed by atoms with Crippen LogP contribution in [0.15, 0.2) is 121 Å². The summed E-state index contributed by atoms with van der Waals surface area (Å²) in [4.78, 5) is 11.4. The van der Waals surface area contributed by atoms with Crippen molar-refractivity contribution in [3.63, 3.8) is 0 Å². The zero-order valence-corrected chi connectivity index (χ0v) is 30.4. The molecule has 10 heteroatoms. The highest BCUT2D eigenvalue weighted by atomic mass is 35.5. The number of anilines is 1. The number of aromatic carboxylic acids is 1. The zero-order valence-electron chi connectivity index (χ0n) is 27.3. The van der Waals surface area contributed by atoms with Gasteiger partial charge >= 0.3 is 5.97 Å². The van der Waals surface area contributed by atoms with Crippen LogP contribution in [0.3, 0.4) is 0 Å². The maximum Gasteiger partial charge on any atom is 0.335 e. The summed E-state index contributed by atoms with van der Waals surface area (Å²) in [5.74, 6) is -0.957. The van der Waals surface area contributed by atoms with Crippen LogP contribution >= 0.6 is 34.8 Å². The first kappa shape index (κ1) is 35.6. The minimum absolute atomic E-state index is 0.154. The van der Waals surface area contributed by atoms with Gasteiger partial charge in [0.2, 0.25) is 10.0 Å². The molecule has 0 atom stereocenters. The highest BCUT2D eigenvalue weighted by Crippen LogP contribution is 2.39. The van der Waals surface area contributed by atoms with Crippen molar-refractivity contribution in [3.8, 4) is 0 Å². The monoisotopic (exact) mass is 744 g/mol. The van der Waals surface area contributed by atoms with Gasteiger partial charge in [-0.15, -0.1) is 0 Å². The summed E-state index contributed by atoms with van der Waals surface area (Å²) >= 11 is 19.2. The van der Waals surface area contributed by atoms with E-state index in [2.05, 4.69) is 28.8 Å². The lowest BCUT2D eigenvalue weighted by atomic mass is 9.97. The van der Waals surface area contributed by atoms with Crippen molar-refractivity contribution in [1.29, 1.82) is 0 Å². The van der Waals surface area contributed by atoms with E-state index >= 15 is 0 Å². The first-order valence-corrected chi connectivity index (χ1v) is 19.2. The van der Waals surface area contributed by atoms with E-state index < -0.39 is 16.0 Å². The molecule has 0 aliphatic heterocycles. The van der Waals surface area contributed by atoms with E-state index in [1.807, 2.05) is 66.7 Å². The number of nitrogens with zero attached hydrogens (tertiary/aromatic N) is 2. The molecule has 50 heavy (non-hydrogen) atoms. The van der Waals surface area contributed by atoms with Crippen molar-refractivity contribution < 1.29 is 18.3 Å². The molecule has 0 aliphatic carbocycles. The van der Waals surface area contributed by atoms with Gasteiger partial charge in [-0.2, -0.15) is 0 Å². The van der Waals surface area contributed by atoms with Crippen molar-refractivity contribution in [3.05, 3.63) is 170 Å². The predicted octanol–water partition coefficient (Wildman–Crippen LogP) is 10.1. The third kappa shape index (κ3) is 7.87. The van der Waals surface area contributed by atoms with Gasteiger partial charge in [0.25, 0.3) is 0 Å². The van der Waals surface area contributed by atoms with Crippen LogP contribution in [0.25, 0.3) is 10.9 Å². The number of carbonyl (C=O) groups is 1. The Hall–Kier alpha value is -4.27. The maximum absolute atomic E-state index is 13.3. The molecule has 6 nitrogen and oxygen atoms in total. The number of carboxylic acids is 1. The van der Waals surface area contributed by atoms with Crippen molar-refractivity contribution in [2.24, 2.45) is 0 Å². The maximum atomic E-state index is 13.3. The standard InChI is InChI=1S/C40H35Cl3N2O4S/c1-50(48,49)44(32-20-21-35(42)36(43)26-32)24-23-38-33(14-8-9-27-15-17-30(18-16-27)40(46)47)34-25-31(41)19-22-37(34)45(38)39(28-10-4-2-5-11-28)29-12-6-3-7-13-29/h2-7,10-13,15-22,25-26,39H,8-9,14,23-24H2,1H3,(H,46,47). The van der Waals surface area contributed by atoms with E-state index in [0.29, 0.717) is 28.6 Å². The molecular weight excluding hydrogens is 711 g/mol. The average Bonchev–Trinajstić information content (AvgIpc) is 3.38. The van der Waals surface area contributed by atoms with Crippen LogP contribution in [0, 0.1) is 0 Å². The fourth-order valence-electron chi connectivity index (χ4n) is 6.63. The molecule has 0 amide bonds. The van der Waals surface area contributed by atoms with Crippen LogP contribution in [0.4, 0.5) is 5.69 Å². The lowest BCUT2D eigenvalue weighted by molar-refractivity contribution is 0.0697. The molecule has 5 aromatic carbocycles. The SMILES string of the molecule is CS(=O)(=O)N(CCc1c(CCCc2ccc(C(=O)O)cc2)c2cc(Cl)ccc2n1C(c1ccccc1)c1ccccc1)c1ccc(Cl)c(Cl)c1. The molecular formula is C40H35Cl3N2O4S. The van der Waals surface area contributed by atoms with E-state index in [4.69, 9.17) is 34.8 Å². The largest absolute Gasteiger partial charge is 0.478 e. The number of rotatable bonds is 13. The van der Waals surface area contributed by atoms with Gasteiger partial charge in [0.15, 0.2) is 0 Å². The fourth-order valence-corrected chi connectivity index (χ4v) is 8.01. The van der Waals surface area contributed by atoms with Gasteiger partial charge < -0.3 is 9.67 Å². The minimum Gasteiger partial charge on any atom is -0.478 e. The number of hydrogen-bond donors (Lipinski definition) is 1. The van der Waals surface area contributed by atoms with E-state index in [-0.39, 0.29) is 23.2 Å². The molecule has 0 unspecified atom stereocenters. The van der Waals surface area contributed by atoms with Crippen LogP contribution in [0.2, 0.25) is 15.1 Å². The van der Waals surface area contributed by atoms with Crippen molar-refractivity contribution >= 4 is 67.4 Å². The Kier molecular flexibility index (Phi) is 10.9. The molecule has 1 aromatic heterocycles. The smallest absolute Gasteiger partial charge is 0.335 e. The van der Waals surface area contributed by atoms with Crippen molar-refractivity contribution in [2.75, 3.05) is 17.1 Å². The van der Waals surface area contributed by atoms with Crippen LogP contribution < -0.4 is 4.31 Å². The molecule has 0 saturated heterocycles. The van der Waals surface area contributed by atoms with Crippen molar-refractivity contribution in [1.82, 2.24) is 4.57 Å². The van der Waals surface area contributed by atoms with Crippen LogP contribution in [0.1, 0.15) is 50.8 Å². The molecule has 0 spiro atoms. The quantitative estimate of drug-likeness (QED) is 0.128. The summed E-state index contributed by atoms with van der Waals surface area (Å²) in [7, 11) is -3.71. The normalized spacial score (nSPS) is 11.7. The Labute approximate surface area is 307 Å². The number of carboxylic acid groups (broad SMARTS) is 1. The van der Waals surface area contributed by atoms with E-state index in [1.54, 1.807) is 30.3 Å². The van der Waals surface area contributed by atoms with Gasteiger partial charge in [0.1, 0.15) is 0 Å². The van der Waals surface area contributed by atoms with E-state index in [9.17, 15) is 18.3 Å². The first-order valence-electron chi connectivity index (χ1n) is 16.2. The van der Waals surface area contributed by atoms with Crippen LogP contribution in [-0.4, -0.2) is 36.9 Å². The summed E-state index contributed by atoms with van der Waals surface area (Å²) in [5, 5.41) is 11.6. The van der Waals surface area contributed by atoms with E-state index in [0.717, 1.165) is 51.7 Å². The Balaban J connectivity index is 1.50. The van der Waals surface area contributed by atoms with Gasteiger partial charge in [0.05, 0.1) is 33.6 Å². The van der Waals surface area contributed by atoms with E-state index in [1.165, 1.54) is 10.6 Å². The molecule has 1 N–H and O–H groups in total. The van der Waals surface area contributed by atoms with Gasteiger partial charge in [-0.05, 0) is 90.0 Å². The Bertz CT molecular complexity index is 2200. The predicted molar refractivity (Wildman–Crippen MR) is 205 cm³/mol. The number of sulfonamides is 1. The number of hydrogen-bond acceptors (Lipinski definition) is 3. The number of halogens is 3. The summed E-state index contributed by atoms with van der Waals surface area (Å²) < 4.78 is 30.3. The molecule has 1 heterocycles. The van der Waals surface area contributed by atoms with Gasteiger partial charge in [-0.25, -0.2) is 13.2 Å². The summed E-state index contributed by atoms with van der Waals surface area (Å²) in [6.07, 6.45) is 3.76. The lowest BCUT2D eigenvalue weighted by Gasteiger charge is -2.27. The molecule has 6 rings (SSSR count). The van der Waals surface area contributed by atoms with Gasteiger partial charge in [0, 0.05) is 34.6 Å². The number of fused-ring (bicyclic) bond motifs is 1. The topological polar surface area (TPSA) is 79.6 Å². The molecule has 0 saturated carbocycles. The van der Waals surface area contributed by atoms with Gasteiger partial charge in [-0.1, -0.05) is 108 Å². The van der Waals surface area contributed by atoms with Crippen LogP contribution in [-0.2, 0) is 29.3 Å².